The molecule has 1 saturated heterocycles. The molecule has 1 heterocycles. The van der Waals surface area contributed by atoms with Crippen molar-refractivity contribution in [2.75, 3.05) is 13.7 Å². The molecule has 0 radical (unpaired) electrons. The van der Waals surface area contributed by atoms with Gasteiger partial charge in [0.2, 0.25) is 5.79 Å². The maximum Gasteiger partial charge on any atom is 0.236 e. The monoisotopic (exact) mass is 194 g/mol. The van der Waals surface area contributed by atoms with Crippen LogP contribution in [0.2, 0.25) is 0 Å². The molecule has 4 bridgehead atoms. The smallest absolute Gasteiger partial charge is 0.236 e. The maximum absolute atomic E-state index is 12.0. The molecule has 76 valence electrons. The lowest BCUT2D eigenvalue weighted by molar-refractivity contribution is -0.273. The van der Waals surface area contributed by atoms with Crippen molar-refractivity contribution in [3.8, 4) is 0 Å². The zero-order chi connectivity index (χ0) is 9.76. The Hall–Kier alpha value is -0.670. The molecule has 14 heavy (non-hydrogen) atoms. The third kappa shape index (κ3) is 0.823. The van der Waals surface area contributed by atoms with Crippen LogP contribution in [-0.2, 0) is 14.3 Å². The van der Waals surface area contributed by atoms with E-state index in [1.54, 1.807) is 7.11 Å². The maximum atomic E-state index is 12.0. The van der Waals surface area contributed by atoms with Gasteiger partial charge in [0.05, 0.1) is 6.61 Å². The van der Waals surface area contributed by atoms with E-state index in [4.69, 9.17) is 9.47 Å². The molecule has 0 aromatic heterocycles. The summed E-state index contributed by atoms with van der Waals surface area (Å²) in [5.74, 6) is -0.0375. The molecule has 2 fully saturated rings. The predicted octanol–water partition coefficient (Wildman–Crippen LogP) is 1.14. The summed E-state index contributed by atoms with van der Waals surface area (Å²) < 4.78 is 11.0. The first-order valence-corrected chi connectivity index (χ1v) is 5.19. The highest BCUT2D eigenvalue weighted by molar-refractivity contribution is 5.92. The van der Waals surface area contributed by atoms with Crippen molar-refractivity contribution < 1.29 is 14.3 Å². The van der Waals surface area contributed by atoms with Gasteiger partial charge in [-0.1, -0.05) is 12.2 Å². The van der Waals surface area contributed by atoms with Gasteiger partial charge in [-0.15, -0.1) is 0 Å². The fourth-order valence-corrected chi connectivity index (χ4v) is 3.14. The molecule has 3 heteroatoms. The van der Waals surface area contributed by atoms with Gasteiger partial charge in [-0.05, 0) is 18.8 Å². The molecule has 1 saturated carbocycles. The number of hydrogen-bond donors (Lipinski definition) is 0. The molecular formula is C11H14O3. The van der Waals surface area contributed by atoms with Crippen LogP contribution in [0.5, 0.6) is 0 Å². The van der Waals surface area contributed by atoms with Gasteiger partial charge >= 0.3 is 0 Å². The lowest BCUT2D eigenvalue weighted by Crippen LogP contribution is -2.62. The van der Waals surface area contributed by atoms with E-state index >= 15 is 0 Å². The largest absolute Gasteiger partial charge is 0.347 e. The molecule has 0 unspecified atom stereocenters. The lowest BCUT2D eigenvalue weighted by atomic mass is 9.62. The SMILES string of the molecule is CO[C@]12OCC[C@H]3C[C@H](C=C[C@H]31)C2=O. The Balaban J connectivity index is 2.09. The topological polar surface area (TPSA) is 35.5 Å². The standard InChI is InChI=1S/C11H14O3/c1-13-11-9-3-2-8(10(11)12)6-7(9)4-5-14-11/h2-3,7-9H,4-6H2,1H3/t7-,8-,9+,11-/m0/s1. The average molecular weight is 194 g/mol. The van der Waals surface area contributed by atoms with Crippen LogP contribution in [0.1, 0.15) is 12.8 Å². The molecule has 3 nitrogen and oxygen atoms in total. The molecule has 0 aromatic rings. The van der Waals surface area contributed by atoms with Crippen LogP contribution in [0, 0.1) is 17.8 Å². The summed E-state index contributed by atoms with van der Waals surface area (Å²) in [6, 6.07) is 0. The molecule has 1 aliphatic heterocycles. The second-order valence-corrected chi connectivity index (χ2v) is 4.39. The van der Waals surface area contributed by atoms with Gasteiger partial charge in [0, 0.05) is 18.9 Å². The fraction of sp³-hybridized carbons (Fsp3) is 0.727. The summed E-state index contributed by atoms with van der Waals surface area (Å²) in [5.41, 5.74) is 0. The van der Waals surface area contributed by atoms with Crippen molar-refractivity contribution in [3.63, 3.8) is 0 Å². The molecule has 3 aliphatic carbocycles. The van der Waals surface area contributed by atoms with Crippen LogP contribution < -0.4 is 0 Å². The minimum Gasteiger partial charge on any atom is -0.347 e. The molecule has 4 rings (SSSR count). The van der Waals surface area contributed by atoms with E-state index in [1.165, 1.54) is 0 Å². The Morgan fingerprint density at radius 1 is 1.57 bits per heavy atom. The number of ether oxygens (including phenoxy) is 2. The highest BCUT2D eigenvalue weighted by atomic mass is 16.7. The number of rotatable bonds is 1. The summed E-state index contributed by atoms with van der Waals surface area (Å²) in [6.45, 7) is 0.654. The molecule has 0 spiro atoms. The second kappa shape index (κ2) is 2.67. The first-order valence-electron chi connectivity index (χ1n) is 5.19. The zero-order valence-electron chi connectivity index (χ0n) is 8.23. The summed E-state index contributed by atoms with van der Waals surface area (Å²) >= 11 is 0. The number of allylic oxidation sites excluding steroid dienone is 1. The molecule has 0 amide bonds. The van der Waals surface area contributed by atoms with Crippen molar-refractivity contribution in [1.82, 2.24) is 0 Å². The summed E-state index contributed by atoms with van der Waals surface area (Å²) in [4.78, 5) is 12.0. The normalized spacial score (nSPS) is 49.8. The van der Waals surface area contributed by atoms with Gasteiger partial charge in [0.15, 0.2) is 5.78 Å². The Labute approximate surface area is 83.1 Å². The van der Waals surface area contributed by atoms with E-state index < -0.39 is 5.79 Å². The van der Waals surface area contributed by atoms with Crippen molar-refractivity contribution in [2.45, 2.75) is 18.6 Å². The van der Waals surface area contributed by atoms with E-state index in [9.17, 15) is 4.79 Å². The van der Waals surface area contributed by atoms with E-state index in [2.05, 4.69) is 6.08 Å². The number of carbonyl (C=O) groups excluding carboxylic acids is 1. The molecular weight excluding hydrogens is 180 g/mol. The number of ketones is 1. The molecule has 0 aromatic carbocycles. The van der Waals surface area contributed by atoms with E-state index in [0.717, 1.165) is 12.8 Å². The minimum atomic E-state index is -0.930. The van der Waals surface area contributed by atoms with Gasteiger partial charge in [0.25, 0.3) is 0 Å². The van der Waals surface area contributed by atoms with Crippen molar-refractivity contribution in [2.24, 2.45) is 17.8 Å². The van der Waals surface area contributed by atoms with Crippen LogP contribution in [-0.4, -0.2) is 25.3 Å². The summed E-state index contributed by atoms with van der Waals surface area (Å²) in [7, 11) is 1.58. The van der Waals surface area contributed by atoms with Gasteiger partial charge < -0.3 is 9.47 Å². The first-order chi connectivity index (χ1) is 6.78. The number of carbonyl (C=O) groups is 1. The fourth-order valence-electron chi connectivity index (χ4n) is 3.14. The summed E-state index contributed by atoms with van der Waals surface area (Å²) in [6.07, 6.45) is 6.19. The lowest BCUT2D eigenvalue weighted by Gasteiger charge is -2.52. The Morgan fingerprint density at radius 3 is 3.14 bits per heavy atom. The van der Waals surface area contributed by atoms with Crippen molar-refractivity contribution in [3.05, 3.63) is 12.2 Å². The Bertz CT molecular complexity index is 310. The average Bonchev–Trinajstić information content (AvgIpc) is 2.25. The first kappa shape index (κ1) is 8.62. The van der Waals surface area contributed by atoms with Gasteiger partial charge in [-0.2, -0.15) is 0 Å². The van der Waals surface area contributed by atoms with Crippen LogP contribution in [0.25, 0.3) is 0 Å². The quantitative estimate of drug-likeness (QED) is 0.587. The number of methoxy groups -OCH3 is 1. The number of Topliss-reactive ketones (excluding diaryl/α,β-unsaturated/α-hetero) is 1. The van der Waals surface area contributed by atoms with Crippen LogP contribution in [0.3, 0.4) is 0 Å². The summed E-state index contributed by atoms with van der Waals surface area (Å²) in [5, 5.41) is 0. The third-order valence-electron chi connectivity index (χ3n) is 3.84. The van der Waals surface area contributed by atoms with Gasteiger partial charge in [-0.25, -0.2) is 0 Å². The number of hydrogen-bond acceptors (Lipinski definition) is 3. The zero-order valence-corrected chi connectivity index (χ0v) is 8.23. The molecule has 4 atom stereocenters. The van der Waals surface area contributed by atoms with Crippen molar-refractivity contribution in [1.29, 1.82) is 0 Å². The van der Waals surface area contributed by atoms with Crippen LogP contribution in [0.4, 0.5) is 0 Å². The third-order valence-corrected chi connectivity index (χ3v) is 3.84. The van der Waals surface area contributed by atoms with Gasteiger partial charge in [0.1, 0.15) is 0 Å². The van der Waals surface area contributed by atoms with Crippen LogP contribution >= 0.6 is 0 Å². The molecule has 0 N–H and O–H groups in total. The predicted molar refractivity (Wildman–Crippen MR) is 49.5 cm³/mol. The van der Waals surface area contributed by atoms with Crippen LogP contribution in [0.15, 0.2) is 12.2 Å². The Morgan fingerprint density at radius 2 is 2.43 bits per heavy atom. The highest BCUT2D eigenvalue weighted by Crippen LogP contribution is 2.50. The van der Waals surface area contributed by atoms with E-state index in [0.29, 0.717) is 12.5 Å². The van der Waals surface area contributed by atoms with Crippen molar-refractivity contribution >= 4 is 5.78 Å². The molecule has 4 aliphatic rings. The van der Waals surface area contributed by atoms with E-state index in [-0.39, 0.29) is 17.6 Å². The second-order valence-electron chi connectivity index (χ2n) is 4.39. The van der Waals surface area contributed by atoms with Gasteiger partial charge in [-0.3, -0.25) is 4.79 Å². The minimum absolute atomic E-state index is 0.0326. The Kier molecular flexibility index (Phi) is 1.65. The highest BCUT2D eigenvalue weighted by Gasteiger charge is 2.59. The van der Waals surface area contributed by atoms with E-state index in [1.807, 2.05) is 6.08 Å².